The molecule has 0 radical (unpaired) electrons. The lowest BCUT2D eigenvalue weighted by molar-refractivity contribution is 0.0520. The van der Waals surface area contributed by atoms with Gasteiger partial charge < -0.3 is 18.6 Å². The Morgan fingerprint density at radius 1 is 0.967 bits per heavy atom. The molecule has 30 heavy (non-hydrogen) atoms. The SMILES string of the molecule is CCOC(=O)c1cc2cc(Oc3ccc(S(C)(=O)=O)cc3)cc(OS(C)(=O)=O)c2[nH]1. The molecule has 0 amide bonds. The minimum Gasteiger partial charge on any atom is -0.461 e. The largest absolute Gasteiger partial charge is 0.461 e. The molecule has 9 nitrogen and oxygen atoms in total. The van der Waals surface area contributed by atoms with Crippen molar-refractivity contribution >= 4 is 36.8 Å². The summed E-state index contributed by atoms with van der Waals surface area (Å²) in [6.45, 7) is 1.85. The van der Waals surface area contributed by atoms with Crippen LogP contribution in [0.15, 0.2) is 47.4 Å². The van der Waals surface area contributed by atoms with Crippen molar-refractivity contribution in [1.82, 2.24) is 4.98 Å². The number of ether oxygens (including phenoxy) is 2. The van der Waals surface area contributed by atoms with Crippen LogP contribution in [0.4, 0.5) is 0 Å². The summed E-state index contributed by atoms with van der Waals surface area (Å²) in [5, 5.41) is 0.460. The highest BCUT2D eigenvalue weighted by Crippen LogP contribution is 2.34. The minimum atomic E-state index is -3.86. The van der Waals surface area contributed by atoms with Crippen molar-refractivity contribution in [2.24, 2.45) is 0 Å². The molecule has 0 spiro atoms. The molecule has 11 heteroatoms. The van der Waals surface area contributed by atoms with E-state index >= 15 is 0 Å². The summed E-state index contributed by atoms with van der Waals surface area (Å²) in [7, 11) is -7.21. The van der Waals surface area contributed by atoms with Crippen LogP contribution < -0.4 is 8.92 Å². The first-order valence-electron chi connectivity index (χ1n) is 8.67. The number of hydrogen-bond donors (Lipinski definition) is 1. The highest BCUT2D eigenvalue weighted by Gasteiger charge is 2.18. The second-order valence-electron chi connectivity index (χ2n) is 6.42. The van der Waals surface area contributed by atoms with Gasteiger partial charge in [0.25, 0.3) is 0 Å². The van der Waals surface area contributed by atoms with Crippen molar-refractivity contribution in [2.75, 3.05) is 19.1 Å². The summed E-state index contributed by atoms with van der Waals surface area (Å²) in [4.78, 5) is 14.9. The first-order valence-corrected chi connectivity index (χ1v) is 12.4. The molecule has 0 aliphatic carbocycles. The number of H-pyrrole nitrogens is 1. The molecule has 0 bridgehead atoms. The van der Waals surface area contributed by atoms with E-state index in [-0.39, 0.29) is 34.2 Å². The molecule has 160 valence electrons. The molecular weight excluding hydrogens is 434 g/mol. The molecule has 1 N–H and O–H groups in total. The highest BCUT2D eigenvalue weighted by atomic mass is 32.2. The third kappa shape index (κ3) is 5.10. The van der Waals surface area contributed by atoms with E-state index in [1.54, 1.807) is 13.0 Å². The van der Waals surface area contributed by atoms with Gasteiger partial charge in [0.2, 0.25) is 0 Å². The number of fused-ring (bicyclic) bond motifs is 1. The van der Waals surface area contributed by atoms with Crippen molar-refractivity contribution in [3.8, 4) is 17.2 Å². The number of rotatable bonds is 7. The molecular formula is C19H19NO8S2. The van der Waals surface area contributed by atoms with Gasteiger partial charge in [0.1, 0.15) is 17.2 Å². The van der Waals surface area contributed by atoms with E-state index in [1.165, 1.54) is 36.4 Å². The lowest BCUT2D eigenvalue weighted by atomic mass is 10.2. The average Bonchev–Trinajstić information content (AvgIpc) is 3.05. The third-order valence-corrected chi connectivity index (χ3v) is 5.50. The molecule has 0 atom stereocenters. The monoisotopic (exact) mass is 453 g/mol. The fourth-order valence-corrected chi connectivity index (χ4v) is 3.77. The van der Waals surface area contributed by atoms with Crippen LogP contribution >= 0.6 is 0 Å². The zero-order valence-electron chi connectivity index (χ0n) is 16.3. The van der Waals surface area contributed by atoms with Gasteiger partial charge in [-0.2, -0.15) is 8.42 Å². The van der Waals surface area contributed by atoms with Crippen LogP contribution in [0.25, 0.3) is 10.9 Å². The number of esters is 1. The Morgan fingerprint density at radius 3 is 2.20 bits per heavy atom. The van der Waals surface area contributed by atoms with Gasteiger partial charge in [0, 0.05) is 17.7 Å². The van der Waals surface area contributed by atoms with Crippen molar-refractivity contribution in [3.63, 3.8) is 0 Å². The van der Waals surface area contributed by atoms with Crippen LogP contribution in [0.2, 0.25) is 0 Å². The highest BCUT2D eigenvalue weighted by molar-refractivity contribution is 7.90. The quantitative estimate of drug-likeness (QED) is 0.427. The predicted molar refractivity (Wildman–Crippen MR) is 109 cm³/mol. The smallest absolute Gasteiger partial charge is 0.354 e. The maximum Gasteiger partial charge on any atom is 0.354 e. The molecule has 0 aliphatic heterocycles. The summed E-state index contributed by atoms with van der Waals surface area (Å²) in [5.41, 5.74) is 0.406. The molecule has 0 aliphatic rings. The summed E-state index contributed by atoms with van der Waals surface area (Å²) in [5.74, 6) is -0.109. The Kier molecular flexibility index (Phi) is 5.77. The zero-order chi connectivity index (χ0) is 22.1. The Balaban J connectivity index is 2.03. The average molecular weight is 453 g/mol. The second-order valence-corrected chi connectivity index (χ2v) is 10.0. The maximum absolute atomic E-state index is 12.0. The molecule has 0 fully saturated rings. The molecule has 3 rings (SSSR count). The van der Waals surface area contributed by atoms with Gasteiger partial charge >= 0.3 is 16.1 Å². The Morgan fingerprint density at radius 2 is 1.63 bits per heavy atom. The maximum atomic E-state index is 12.0. The van der Waals surface area contributed by atoms with E-state index in [0.717, 1.165) is 12.5 Å². The number of nitrogens with one attached hydrogen (secondary N) is 1. The molecule has 3 aromatic rings. The standard InChI is InChI=1S/C19H19NO8S2/c1-4-26-19(21)16-10-12-9-14(11-17(18(12)20-16)28-30(3,24)25)27-13-5-7-15(8-6-13)29(2,22)23/h5-11,20H,4H2,1-3H3. The van der Waals surface area contributed by atoms with E-state index in [4.69, 9.17) is 13.7 Å². The van der Waals surface area contributed by atoms with Gasteiger partial charge in [-0.25, -0.2) is 13.2 Å². The van der Waals surface area contributed by atoms with E-state index in [0.29, 0.717) is 11.1 Å². The number of aromatic nitrogens is 1. The van der Waals surface area contributed by atoms with Crippen molar-refractivity contribution in [3.05, 3.63) is 48.2 Å². The summed E-state index contributed by atoms with van der Waals surface area (Å²) in [6, 6.07) is 10.1. The van der Waals surface area contributed by atoms with Crippen LogP contribution in [-0.4, -0.2) is 46.9 Å². The van der Waals surface area contributed by atoms with E-state index < -0.39 is 25.9 Å². The van der Waals surface area contributed by atoms with E-state index in [2.05, 4.69) is 4.98 Å². The molecule has 0 saturated carbocycles. The first-order chi connectivity index (χ1) is 14.0. The van der Waals surface area contributed by atoms with Crippen LogP contribution in [0.1, 0.15) is 17.4 Å². The number of carbonyl (C=O) groups excluding carboxylic acids is 1. The molecule has 1 heterocycles. The van der Waals surface area contributed by atoms with Crippen LogP contribution in [0.3, 0.4) is 0 Å². The minimum absolute atomic E-state index is 0.0618. The number of aromatic amines is 1. The summed E-state index contributed by atoms with van der Waals surface area (Å²) < 4.78 is 62.2. The molecule has 1 aromatic heterocycles. The van der Waals surface area contributed by atoms with Crippen molar-refractivity contribution in [1.29, 1.82) is 0 Å². The Bertz CT molecular complexity index is 1310. The number of hydrogen-bond acceptors (Lipinski definition) is 8. The molecule has 0 unspecified atom stereocenters. The van der Waals surface area contributed by atoms with E-state index in [1.807, 2.05) is 0 Å². The van der Waals surface area contributed by atoms with Gasteiger partial charge in [-0.15, -0.1) is 0 Å². The topological polar surface area (TPSA) is 129 Å². The van der Waals surface area contributed by atoms with E-state index in [9.17, 15) is 21.6 Å². The lowest BCUT2D eigenvalue weighted by Crippen LogP contribution is -2.07. The fourth-order valence-electron chi connectivity index (χ4n) is 2.68. The van der Waals surface area contributed by atoms with Gasteiger partial charge in [-0.3, -0.25) is 0 Å². The number of benzene rings is 2. The fraction of sp³-hybridized carbons (Fsp3) is 0.211. The van der Waals surface area contributed by atoms with Crippen LogP contribution in [0.5, 0.6) is 17.2 Å². The van der Waals surface area contributed by atoms with Crippen LogP contribution in [-0.2, 0) is 24.7 Å². The van der Waals surface area contributed by atoms with Gasteiger partial charge in [-0.1, -0.05) is 0 Å². The predicted octanol–water partition coefficient (Wildman–Crippen LogP) is 2.88. The molecule has 0 saturated heterocycles. The van der Waals surface area contributed by atoms with Crippen molar-refractivity contribution < 1.29 is 35.3 Å². The van der Waals surface area contributed by atoms with Gasteiger partial charge in [0.15, 0.2) is 15.6 Å². The third-order valence-electron chi connectivity index (χ3n) is 3.89. The van der Waals surface area contributed by atoms with Gasteiger partial charge in [-0.05, 0) is 43.3 Å². The van der Waals surface area contributed by atoms with Crippen molar-refractivity contribution in [2.45, 2.75) is 11.8 Å². The first kappa shape index (κ1) is 21.7. The summed E-state index contributed by atoms with van der Waals surface area (Å²) in [6.07, 6.45) is 1.99. The van der Waals surface area contributed by atoms with Gasteiger partial charge in [0.05, 0.1) is 23.3 Å². The zero-order valence-corrected chi connectivity index (χ0v) is 18.0. The number of sulfone groups is 1. The normalized spacial score (nSPS) is 12.0. The number of carbonyl (C=O) groups is 1. The summed E-state index contributed by atoms with van der Waals surface area (Å²) >= 11 is 0. The molecule has 2 aromatic carbocycles. The Labute approximate surface area is 173 Å². The lowest BCUT2D eigenvalue weighted by Gasteiger charge is -2.10. The Hall–Kier alpha value is -3.05. The second kappa shape index (κ2) is 8.00. The van der Waals surface area contributed by atoms with Crippen LogP contribution in [0, 0.1) is 0 Å².